The number of fused-ring (bicyclic) bond motifs is 3. The molecule has 0 fully saturated rings. The Morgan fingerprint density at radius 1 is 1.23 bits per heavy atom. The van der Waals surface area contributed by atoms with Gasteiger partial charge in [-0.3, -0.25) is 4.79 Å². The molecule has 0 saturated carbocycles. The molecule has 2 aromatic rings. The Morgan fingerprint density at radius 2 is 2.09 bits per heavy atom. The minimum absolute atomic E-state index is 0.0617. The molecule has 4 nitrogen and oxygen atoms in total. The molecule has 1 aliphatic carbocycles. The van der Waals surface area contributed by atoms with Gasteiger partial charge in [-0.1, -0.05) is 24.3 Å². The third-order valence-electron chi connectivity index (χ3n) is 4.28. The van der Waals surface area contributed by atoms with Crippen LogP contribution in [0.2, 0.25) is 0 Å². The van der Waals surface area contributed by atoms with E-state index in [-0.39, 0.29) is 11.5 Å². The number of amides is 1. The Kier molecular flexibility index (Phi) is 2.80. The maximum atomic E-state index is 12.3. The fourth-order valence-electron chi connectivity index (χ4n) is 3.33. The van der Waals surface area contributed by atoms with E-state index in [0.717, 1.165) is 24.0 Å². The van der Waals surface area contributed by atoms with Crippen LogP contribution in [-0.4, -0.2) is 11.6 Å². The minimum Gasteiger partial charge on any atom is -0.463 e. The highest BCUT2D eigenvalue weighted by molar-refractivity contribution is 6.22. The van der Waals surface area contributed by atoms with Gasteiger partial charge in [0, 0.05) is 5.92 Å². The van der Waals surface area contributed by atoms with Crippen LogP contribution in [0.4, 0.5) is 0 Å². The highest BCUT2D eigenvalue weighted by atomic mass is 16.3. The first-order chi connectivity index (χ1) is 10.8. The first-order valence-electron chi connectivity index (χ1n) is 7.19. The molecule has 1 atom stereocenters. The molecule has 0 saturated heterocycles. The molecule has 1 amide bonds. The van der Waals surface area contributed by atoms with Crippen LogP contribution in [0.1, 0.15) is 23.3 Å². The van der Waals surface area contributed by atoms with E-state index in [4.69, 9.17) is 4.42 Å². The van der Waals surface area contributed by atoms with E-state index in [9.17, 15) is 10.1 Å². The molecule has 22 heavy (non-hydrogen) atoms. The standard InChI is InChI=1S/C18H12N2O2/c19-10-14-16-12-5-2-1-4-11(12)7-8-13(16)17(20-18(14)21)15-6-3-9-22-15/h1-6,9,13H,7-8H2. The molecular weight excluding hydrogens is 276 g/mol. The molecule has 4 heteroatoms. The van der Waals surface area contributed by atoms with Gasteiger partial charge in [-0.25, -0.2) is 4.99 Å². The molecule has 2 heterocycles. The number of aliphatic imine (C=N–C) groups is 1. The van der Waals surface area contributed by atoms with Gasteiger partial charge < -0.3 is 4.42 Å². The second kappa shape index (κ2) is 4.81. The number of allylic oxidation sites excluding steroid dienone is 1. The molecule has 2 aliphatic rings. The number of hydrogen-bond donors (Lipinski definition) is 0. The van der Waals surface area contributed by atoms with E-state index in [1.807, 2.05) is 24.3 Å². The normalized spacial score (nSPS) is 20.0. The molecule has 106 valence electrons. The second-order valence-electron chi connectivity index (χ2n) is 5.43. The predicted octanol–water partition coefficient (Wildman–Crippen LogP) is 3.15. The summed E-state index contributed by atoms with van der Waals surface area (Å²) in [5.41, 5.74) is 3.76. The highest BCUT2D eigenvalue weighted by Gasteiger charge is 2.37. The summed E-state index contributed by atoms with van der Waals surface area (Å²) >= 11 is 0. The monoisotopic (exact) mass is 288 g/mol. The lowest BCUT2D eigenvalue weighted by Gasteiger charge is -2.31. The van der Waals surface area contributed by atoms with Gasteiger partial charge in [0.25, 0.3) is 5.91 Å². The highest BCUT2D eigenvalue weighted by Crippen LogP contribution is 2.42. The Balaban J connectivity index is 1.95. The van der Waals surface area contributed by atoms with Gasteiger partial charge in [0.1, 0.15) is 17.4 Å². The average Bonchev–Trinajstić information content (AvgIpc) is 3.08. The number of carbonyl (C=O) groups excluding carboxylic acids is 1. The van der Waals surface area contributed by atoms with Gasteiger partial charge in [-0.2, -0.15) is 5.26 Å². The summed E-state index contributed by atoms with van der Waals surface area (Å²) in [6.07, 6.45) is 3.30. The van der Waals surface area contributed by atoms with Gasteiger partial charge in [-0.15, -0.1) is 0 Å². The summed E-state index contributed by atoms with van der Waals surface area (Å²) in [5, 5.41) is 9.42. The number of rotatable bonds is 1. The van der Waals surface area contributed by atoms with E-state index in [1.165, 1.54) is 5.56 Å². The number of benzene rings is 1. The van der Waals surface area contributed by atoms with E-state index in [2.05, 4.69) is 17.1 Å². The van der Waals surface area contributed by atoms with Crippen molar-refractivity contribution in [1.29, 1.82) is 5.26 Å². The summed E-state index contributed by atoms with van der Waals surface area (Å²) in [6, 6.07) is 13.6. The average molecular weight is 288 g/mol. The van der Waals surface area contributed by atoms with Crippen molar-refractivity contribution in [2.75, 3.05) is 0 Å². The summed E-state index contributed by atoms with van der Waals surface area (Å²) in [5.74, 6) is 0.0671. The van der Waals surface area contributed by atoms with Crippen LogP contribution in [0.15, 0.2) is 57.6 Å². The first-order valence-corrected chi connectivity index (χ1v) is 7.19. The van der Waals surface area contributed by atoms with Crippen LogP contribution in [0.3, 0.4) is 0 Å². The maximum absolute atomic E-state index is 12.3. The van der Waals surface area contributed by atoms with E-state index < -0.39 is 5.91 Å². The van der Waals surface area contributed by atoms with E-state index in [1.54, 1.807) is 12.3 Å². The van der Waals surface area contributed by atoms with Gasteiger partial charge in [0.05, 0.1) is 12.0 Å². The molecule has 0 radical (unpaired) electrons. The largest absolute Gasteiger partial charge is 0.463 e. The van der Waals surface area contributed by atoms with Crippen molar-refractivity contribution >= 4 is 17.2 Å². The van der Waals surface area contributed by atoms with Crippen molar-refractivity contribution in [2.45, 2.75) is 12.8 Å². The zero-order chi connectivity index (χ0) is 15.1. The molecule has 0 N–H and O–H groups in total. The first kappa shape index (κ1) is 12.8. The molecule has 1 unspecified atom stereocenters. The van der Waals surface area contributed by atoms with Crippen LogP contribution >= 0.6 is 0 Å². The van der Waals surface area contributed by atoms with Crippen molar-refractivity contribution in [1.82, 2.24) is 0 Å². The van der Waals surface area contributed by atoms with Crippen LogP contribution in [0.5, 0.6) is 0 Å². The van der Waals surface area contributed by atoms with Crippen LogP contribution < -0.4 is 0 Å². The zero-order valence-electron chi connectivity index (χ0n) is 11.7. The van der Waals surface area contributed by atoms with Crippen molar-refractivity contribution in [3.05, 3.63) is 65.1 Å². The molecule has 1 aromatic heterocycles. The van der Waals surface area contributed by atoms with Crippen molar-refractivity contribution in [3.8, 4) is 6.07 Å². The van der Waals surface area contributed by atoms with E-state index in [0.29, 0.717) is 11.5 Å². The lowest BCUT2D eigenvalue weighted by molar-refractivity contribution is -0.114. The van der Waals surface area contributed by atoms with Gasteiger partial charge >= 0.3 is 0 Å². The summed E-state index contributed by atoms with van der Waals surface area (Å²) in [4.78, 5) is 16.4. The van der Waals surface area contributed by atoms with Gasteiger partial charge in [-0.05, 0) is 41.7 Å². The number of nitrogens with zero attached hydrogens (tertiary/aromatic N) is 2. The number of carbonyl (C=O) groups is 1. The number of furan rings is 1. The third-order valence-corrected chi connectivity index (χ3v) is 4.28. The lowest BCUT2D eigenvalue weighted by Crippen LogP contribution is -2.29. The second-order valence-corrected chi connectivity index (χ2v) is 5.43. The van der Waals surface area contributed by atoms with Gasteiger partial charge in [0.15, 0.2) is 0 Å². The fraction of sp³-hybridized carbons (Fsp3) is 0.167. The minimum atomic E-state index is -0.475. The molecule has 1 aliphatic heterocycles. The summed E-state index contributed by atoms with van der Waals surface area (Å²) in [6.45, 7) is 0. The fourth-order valence-corrected chi connectivity index (χ4v) is 3.33. The Morgan fingerprint density at radius 3 is 2.86 bits per heavy atom. The summed E-state index contributed by atoms with van der Waals surface area (Å²) < 4.78 is 5.44. The molecular formula is C18H12N2O2. The molecule has 0 spiro atoms. The quantitative estimate of drug-likeness (QED) is 0.809. The Bertz CT molecular complexity index is 867. The molecule has 1 aromatic carbocycles. The van der Waals surface area contributed by atoms with Crippen LogP contribution in [-0.2, 0) is 11.2 Å². The predicted molar refractivity (Wildman–Crippen MR) is 81.0 cm³/mol. The van der Waals surface area contributed by atoms with Crippen molar-refractivity contribution in [3.63, 3.8) is 0 Å². The van der Waals surface area contributed by atoms with Crippen LogP contribution in [0.25, 0.3) is 5.57 Å². The third kappa shape index (κ3) is 1.76. The van der Waals surface area contributed by atoms with Crippen molar-refractivity contribution in [2.24, 2.45) is 10.9 Å². The molecule has 4 rings (SSSR count). The number of dihydropyridines is 1. The van der Waals surface area contributed by atoms with Crippen molar-refractivity contribution < 1.29 is 9.21 Å². The maximum Gasteiger partial charge on any atom is 0.288 e. The SMILES string of the molecule is N#CC1=C2c3ccccc3CCC2C(c2ccco2)=NC1=O. The number of aryl methyl sites for hydroxylation is 1. The topological polar surface area (TPSA) is 66.4 Å². The van der Waals surface area contributed by atoms with E-state index >= 15 is 0 Å². The van der Waals surface area contributed by atoms with Crippen LogP contribution in [0, 0.1) is 17.2 Å². The summed E-state index contributed by atoms with van der Waals surface area (Å²) in [7, 11) is 0. The Labute approximate surface area is 127 Å². The lowest BCUT2D eigenvalue weighted by atomic mass is 9.73. The smallest absolute Gasteiger partial charge is 0.288 e. The van der Waals surface area contributed by atoms with Gasteiger partial charge in [0.2, 0.25) is 0 Å². The number of nitriles is 1. The molecule has 0 bridgehead atoms. The number of hydrogen-bond acceptors (Lipinski definition) is 3. The zero-order valence-corrected chi connectivity index (χ0v) is 11.7. The Hall–Kier alpha value is -2.93.